The molecule has 1 saturated heterocycles. The summed E-state index contributed by atoms with van der Waals surface area (Å²) >= 11 is 2.40. The number of unbranched alkanes of at least 4 members (excludes halogenated alkanes) is 2. The lowest BCUT2D eigenvalue weighted by Gasteiger charge is -2.27. The highest BCUT2D eigenvalue weighted by molar-refractivity contribution is 14.1. The third-order valence-electron chi connectivity index (χ3n) is 4.40. The van der Waals surface area contributed by atoms with Gasteiger partial charge in [0.1, 0.15) is 0 Å². The molecule has 1 aliphatic rings. The molecule has 0 aromatic heterocycles. The van der Waals surface area contributed by atoms with Crippen LogP contribution in [-0.4, -0.2) is 8.80 Å². The third-order valence-corrected chi connectivity index (χ3v) is 8.51. The summed E-state index contributed by atoms with van der Waals surface area (Å²) in [4.78, 5) is 0. The van der Waals surface area contributed by atoms with Crippen molar-refractivity contribution >= 4 is 36.6 Å². The predicted octanol–water partition coefficient (Wildman–Crippen LogP) is 4.72. The van der Waals surface area contributed by atoms with E-state index >= 15 is 0 Å². The number of halogens is 1. The molecule has 2 rings (SSSR count). The monoisotopic (exact) mass is 372 g/mol. The number of hydrogen-bond acceptors (Lipinski definition) is 0. The highest BCUT2D eigenvalue weighted by atomic mass is 127. The minimum absolute atomic E-state index is 0.588. The van der Waals surface area contributed by atoms with E-state index < -0.39 is 8.80 Å². The summed E-state index contributed by atoms with van der Waals surface area (Å²) in [5.74, 6) is 1.06. The lowest BCUT2D eigenvalue weighted by molar-refractivity contribution is 0.418. The van der Waals surface area contributed by atoms with Gasteiger partial charge in [0.15, 0.2) is 0 Å². The molecule has 0 saturated carbocycles. The van der Waals surface area contributed by atoms with Crippen LogP contribution in [0.1, 0.15) is 45.4 Å². The highest BCUT2D eigenvalue weighted by Crippen LogP contribution is 2.29. The molecule has 1 aromatic rings. The molecule has 2 heteroatoms. The molecule has 0 atom stereocenters. The van der Waals surface area contributed by atoms with Crippen LogP contribution in [0.15, 0.2) is 24.3 Å². The topological polar surface area (TPSA) is 0 Å². The van der Waals surface area contributed by atoms with Crippen molar-refractivity contribution in [3.63, 3.8) is 0 Å². The molecule has 0 bridgehead atoms. The summed E-state index contributed by atoms with van der Waals surface area (Å²) in [7, 11) is -0.588. The fraction of sp³-hybridized carbons (Fsp3) is 0.625. The van der Waals surface area contributed by atoms with Crippen molar-refractivity contribution in [2.45, 2.75) is 57.5 Å². The average molecular weight is 372 g/mol. The second-order valence-corrected chi connectivity index (χ2v) is 10.2. The summed E-state index contributed by atoms with van der Waals surface area (Å²) in [5, 5.41) is 1.71. The van der Waals surface area contributed by atoms with Crippen molar-refractivity contribution in [3.8, 4) is 0 Å². The van der Waals surface area contributed by atoms with Gasteiger partial charge in [-0.2, -0.15) is 0 Å². The first kappa shape index (κ1) is 14.6. The SMILES string of the molecule is CCCCCC1CC[SiH](c2ccc(I)cc2)CC1. The van der Waals surface area contributed by atoms with Crippen LogP contribution in [0.2, 0.25) is 12.1 Å². The van der Waals surface area contributed by atoms with Crippen molar-refractivity contribution in [1.29, 1.82) is 0 Å². The van der Waals surface area contributed by atoms with E-state index in [0.29, 0.717) is 0 Å². The van der Waals surface area contributed by atoms with Gasteiger partial charge in [-0.3, -0.25) is 0 Å². The first-order valence-corrected chi connectivity index (χ1v) is 10.8. The Hall–Kier alpha value is 0.167. The Morgan fingerprint density at radius 3 is 2.39 bits per heavy atom. The van der Waals surface area contributed by atoms with Gasteiger partial charge in [0.05, 0.1) is 8.80 Å². The first-order valence-electron chi connectivity index (χ1n) is 7.55. The molecule has 1 aromatic carbocycles. The molecule has 0 nitrogen and oxygen atoms in total. The number of rotatable bonds is 5. The zero-order chi connectivity index (χ0) is 12.8. The van der Waals surface area contributed by atoms with Crippen LogP contribution in [0.3, 0.4) is 0 Å². The third kappa shape index (κ3) is 4.37. The Morgan fingerprint density at radius 1 is 1.11 bits per heavy atom. The average Bonchev–Trinajstić information content (AvgIpc) is 2.41. The second kappa shape index (κ2) is 7.68. The Bertz CT molecular complexity index is 339. The molecule has 0 aliphatic carbocycles. The maximum atomic E-state index is 2.40. The normalized spacial score (nSPS) is 24.1. The van der Waals surface area contributed by atoms with Gasteiger partial charge in [0.2, 0.25) is 0 Å². The van der Waals surface area contributed by atoms with Crippen molar-refractivity contribution in [2.75, 3.05) is 0 Å². The Morgan fingerprint density at radius 2 is 1.78 bits per heavy atom. The molecule has 0 amide bonds. The summed E-state index contributed by atoms with van der Waals surface area (Å²) < 4.78 is 1.37. The lowest BCUT2D eigenvalue weighted by atomic mass is 9.96. The zero-order valence-electron chi connectivity index (χ0n) is 11.5. The molecule has 0 radical (unpaired) electrons. The smallest absolute Gasteiger partial charge is 0.0654 e. The summed E-state index contributed by atoms with van der Waals surface area (Å²) in [6.07, 6.45) is 8.82. The molecule has 1 heterocycles. The molecule has 18 heavy (non-hydrogen) atoms. The van der Waals surface area contributed by atoms with Gasteiger partial charge in [0, 0.05) is 3.57 Å². The Labute approximate surface area is 127 Å². The quantitative estimate of drug-likeness (QED) is 0.399. The van der Waals surface area contributed by atoms with E-state index in [9.17, 15) is 0 Å². The molecular formula is C16H25ISi. The molecule has 1 aliphatic heterocycles. The van der Waals surface area contributed by atoms with Crippen molar-refractivity contribution in [2.24, 2.45) is 5.92 Å². The molecule has 100 valence electrons. The molecule has 0 N–H and O–H groups in total. The second-order valence-electron chi connectivity index (χ2n) is 5.76. The fourth-order valence-electron chi connectivity index (χ4n) is 3.20. The van der Waals surface area contributed by atoms with Crippen LogP contribution < -0.4 is 5.19 Å². The van der Waals surface area contributed by atoms with Crippen molar-refractivity contribution in [1.82, 2.24) is 0 Å². The summed E-state index contributed by atoms with van der Waals surface area (Å²) in [6.45, 7) is 2.31. The van der Waals surface area contributed by atoms with E-state index in [1.807, 2.05) is 0 Å². The van der Waals surface area contributed by atoms with Gasteiger partial charge in [-0.25, -0.2) is 0 Å². The van der Waals surface area contributed by atoms with Gasteiger partial charge in [0.25, 0.3) is 0 Å². The largest absolute Gasteiger partial charge is 0.0708 e. The fourth-order valence-corrected chi connectivity index (χ4v) is 7.00. The van der Waals surface area contributed by atoms with Gasteiger partial charge in [-0.15, -0.1) is 0 Å². The molecular weight excluding hydrogens is 347 g/mol. The van der Waals surface area contributed by atoms with E-state index in [1.54, 1.807) is 17.3 Å². The Balaban J connectivity index is 1.77. The van der Waals surface area contributed by atoms with Crippen LogP contribution in [-0.2, 0) is 0 Å². The minimum atomic E-state index is -0.588. The summed E-state index contributed by atoms with van der Waals surface area (Å²) in [6, 6.07) is 12.5. The zero-order valence-corrected chi connectivity index (χ0v) is 14.8. The predicted molar refractivity (Wildman–Crippen MR) is 92.4 cm³/mol. The van der Waals surface area contributed by atoms with Crippen molar-refractivity contribution < 1.29 is 0 Å². The molecule has 1 fully saturated rings. The Kier molecular flexibility index (Phi) is 6.22. The molecule has 0 unspecified atom stereocenters. The van der Waals surface area contributed by atoms with Gasteiger partial charge >= 0.3 is 0 Å². The molecule has 0 spiro atoms. The van der Waals surface area contributed by atoms with E-state index in [1.165, 1.54) is 42.1 Å². The van der Waals surface area contributed by atoms with Crippen LogP contribution in [0.5, 0.6) is 0 Å². The summed E-state index contributed by atoms with van der Waals surface area (Å²) in [5.41, 5.74) is 0. The van der Waals surface area contributed by atoms with Gasteiger partial charge in [-0.05, 0) is 40.6 Å². The van der Waals surface area contributed by atoms with Crippen LogP contribution in [0.25, 0.3) is 0 Å². The van der Waals surface area contributed by atoms with Crippen LogP contribution in [0.4, 0.5) is 0 Å². The van der Waals surface area contributed by atoms with Crippen LogP contribution >= 0.6 is 22.6 Å². The minimum Gasteiger partial charge on any atom is -0.0654 e. The van der Waals surface area contributed by atoms with Crippen molar-refractivity contribution in [3.05, 3.63) is 27.8 Å². The van der Waals surface area contributed by atoms with Gasteiger partial charge < -0.3 is 0 Å². The standard InChI is InChI=1S/C16H25ISi/c1-2-3-4-5-14-10-12-18(13-11-14)16-8-6-15(17)7-9-16/h6-9,14,18H,2-5,10-13H2,1H3. The van der Waals surface area contributed by atoms with Gasteiger partial charge in [-0.1, -0.05) is 74.9 Å². The van der Waals surface area contributed by atoms with E-state index in [-0.39, 0.29) is 0 Å². The van der Waals surface area contributed by atoms with E-state index in [2.05, 4.69) is 53.8 Å². The number of benzene rings is 1. The lowest BCUT2D eigenvalue weighted by Crippen LogP contribution is -2.33. The maximum absolute atomic E-state index is 2.40. The van der Waals surface area contributed by atoms with E-state index in [0.717, 1.165) is 5.92 Å². The van der Waals surface area contributed by atoms with E-state index in [4.69, 9.17) is 0 Å². The first-order chi connectivity index (χ1) is 8.79. The maximum Gasteiger partial charge on any atom is 0.0708 e. The van der Waals surface area contributed by atoms with Crippen LogP contribution in [0, 0.1) is 9.49 Å². The highest BCUT2D eigenvalue weighted by Gasteiger charge is 2.22. The number of hydrogen-bond donors (Lipinski definition) is 0.